The highest BCUT2D eigenvalue weighted by molar-refractivity contribution is 5.85. The van der Waals surface area contributed by atoms with Crippen LogP contribution in [0.2, 0.25) is 0 Å². The van der Waals surface area contributed by atoms with Crippen LogP contribution in [0.4, 0.5) is 10.1 Å². The Balaban J connectivity index is 3.30. The van der Waals surface area contributed by atoms with Crippen LogP contribution in [0.1, 0.15) is 12.5 Å². The first kappa shape index (κ1) is 13.6. The molecule has 0 spiro atoms. The molecule has 1 aromatic rings. The molecule has 2 N–H and O–H groups in total. The van der Waals surface area contributed by atoms with Crippen LogP contribution in [-0.2, 0) is 15.4 Å². The molecule has 18 heavy (non-hydrogen) atoms. The number of rotatable bonds is 4. The van der Waals surface area contributed by atoms with Crippen molar-refractivity contribution in [2.45, 2.75) is 12.7 Å². The number of alkyl halides is 1. The SMILES string of the molecule is CC(=O)NC(F)(C(=O)O)c1cccc([N+](=O)[O-])c1. The molecule has 0 bridgehead atoms. The molecular formula is C10H9FN2O5. The van der Waals surface area contributed by atoms with Gasteiger partial charge in [-0.25, -0.2) is 9.18 Å². The van der Waals surface area contributed by atoms with Gasteiger partial charge in [0.25, 0.3) is 5.69 Å². The monoisotopic (exact) mass is 256 g/mol. The summed E-state index contributed by atoms with van der Waals surface area (Å²) in [5.74, 6) is -6.07. The summed E-state index contributed by atoms with van der Waals surface area (Å²) in [5, 5.41) is 20.9. The lowest BCUT2D eigenvalue weighted by molar-refractivity contribution is -0.385. The molecule has 1 rings (SSSR count). The topological polar surface area (TPSA) is 110 Å². The Labute approximate surface area is 100 Å². The minimum Gasteiger partial charge on any atom is -0.477 e. The van der Waals surface area contributed by atoms with E-state index in [4.69, 9.17) is 5.11 Å². The summed E-state index contributed by atoms with van der Waals surface area (Å²) in [6, 6.07) is 4.01. The Bertz CT molecular complexity index is 519. The van der Waals surface area contributed by atoms with E-state index in [1.54, 1.807) is 5.32 Å². The van der Waals surface area contributed by atoms with Crippen molar-refractivity contribution in [1.82, 2.24) is 5.32 Å². The fraction of sp³-hybridized carbons (Fsp3) is 0.200. The second-order valence-electron chi connectivity index (χ2n) is 3.45. The van der Waals surface area contributed by atoms with Crippen molar-refractivity contribution in [3.8, 4) is 0 Å². The lowest BCUT2D eigenvalue weighted by atomic mass is 10.0. The first-order valence-electron chi connectivity index (χ1n) is 4.73. The molecule has 0 aromatic heterocycles. The van der Waals surface area contributed by atoms with Gasteiger partial charge in [0.2, 0.25) is 5.91 Å². The van der Waals surface area contributed by atoms with Crippen LogP contribution >= 0.6 is 0 Å². The molecule has 7 nitrogen and oxygen atoms in total. The predicted molar refractivity (Wildman–Crippen MR) is 57.3 cm³/mol. The van der Waals surface area contributed by atoms with Gasteiger partial charge in [0.05, 0.1) is 4.92 Å². The smallest absolute Gasteiger partial charge is 0.367 e. The fourth-order valence-corrected chi connectivity index (χ4v) is 1.33. The number of carbonyl (C=O) groups is 2. The number of benzene rings is 1. The van der Waals surface area contributed by atoms with Gasteiger partial charge >= 0.3 is 11.8 Å². The molecule has 1 aromatic carbocycles. The summed E-state index contributed by atoms with van der Waals surface area (Å²) in [6.07, 6.45) is 0. The maximum absolute atomic E-state index is 14.2. The molecule has 1 amide bonds. The van der Waals surface area contributed by atoms with Crippen molar-refractivity contribution < 1.29 is 24.0 Å². The third-order valence-electron chi connectivity index (χ3n) is 2.10. The molecule has 0 saturated heterocycles. The quantitative estimate of drug-likeness (QED) is 0.473. The molecule has 0 aliphatic heterocycles. The van der Waals surface area contributed by atoms with Crippen LogP contribution in [0.25, 0.3) is 0 Å². The van der Waals surface area contributed by atoms with E-state index in [1.165, 1.54) is 0 Å². The minimum atomic E-state index is -3.20. The highest BCUT2D eigenvalue weighted by Gasteiger charge is 2.42. The van der Waals surface area contributed by atoms with E-state index in [-0.39, 0.29) is 0 Å². The molecule has 0 saturated carbocycles. The van der Waals surface area contributed by atoms with Crippen LogP contribution in [0.5, 0.6) is 0 Å². The number of carbonyl (C=O) groups excluding carboxylic acids is 1. The number of nitro groups is 1. The van der Waals surface area contributed by atoms with Gasteiger partial charge < -0.3 is 10.4 Å². The van der Waals surface area contributed by atoms with E-state index >= 15 is 0 Å². The molecule has 1 unspecified atom stereocenters. The Kier molecular flexibility index (Phi) is 3.60. The number of halogens is 1. The van der Waals surface area contributed by atoms with Crippen molar-refractivity contribution in [2.24, 2.45) is 0 Å². The third kappa shape index (κ3) is 2.59. The fourth-order valence-electron chi connectivity index (χ4n) is 1.33. The number of aliphatic carboxylic acids is 1. The summed E-state index contributed by atoms with van der Waals surface area (Å²) < 4.78 is 14.2. The number of hydrogen-bond acceptors (Lipinski definition) is 4. The molecule has 0 aliphatic rings. The van der Waals surface area contributed by atoms with E-state index in [9.17, 15) is 24.1 Å². The van der Waals surface area contributed by atoms with E-state index in [2.05, 4.69) is 0 Å². The average Bonchev–Trinajstić information content (AvgIpc) is 2.27. The normalized spacial score (nSPS) is 13.4. The average molecular weight is 256 g/mol. The van der Waals surface area contributed by atoms with E-state index in [0.717, 1.165) is 31.2 Å². The molecule has 0 aliphatic carbocycles. The summed E-state index contributed by atoms with van der Waals surface area (Å²) in [5.41, 5.74) is -1.000. The van der Waals surface area contributed by atoms with Crippen LogP contribution in [0, 0.1) is 10.1 Å². The number of amides is 1. The number of nitrogens with zero attached hydrogens (tertiary/aromatic N) is 1. The van der Waals surface area contributed by atoms with Gasteiger partial charge in [-0.1, -0.05) is 12.1 Å². The number of nitrogens with one attached hydrogen (secondary N) is 1. The van der Waals surface area contributed by atoms with Gasteiger partial charge in [0.1, 0.15) is 0 Å². The second kappa shape index (κ2) is 4.78. The molecule has 0 fully saturated rings. The Hall–Kier alpha value is -2.51. The molecular weight excluding hydrogens is 247 g/mol. The first-order chi connectivity index (χ1) is 8.27. The highest BCUT2D eigenvalue weighted by atomic mass is 19.1. The minimum absolute atomic E-state index is 0.471. The summed E-state index contributed by atoms with van der Waals surface area (Å²) in [6.45, 7) is 0.939. The molecule has 1 atom stereocenters. The number of hydrogen-bond donors (Lipinski definition) is 2. The van der Waals surface area contributed by atoms with Gasteiger partial charge in [-0.2, -0.15) is 0 Å². The maximum atomic E-state index is 14.2. The maximum Gasteiger partial charge on any atom is 0.367 e. The Morgan fingerprint density at radius 2 is 2.11 bits per heavy atom. The van der Waals surface area contributed by atoms with Crippen molar-refractivity contribution in [1.29, 1.82) is 0 Å². The van der Waals surface area contributed by atoms with Crippen molar-refractivity contribution >= 4 is 17.6 Å². The zero-order valence-corrected chi connectivity index (χ0v) is 9.21. The lowest BCUT2D eigenvalue weighted by Gasteiger charge is -2.21. The standard InChI is InChI=1S/C10H9FN2O5/c1-6(14)12-10(11,9(15)16)7-3-2-4-8(5-7)13(17)18/h2-5H,1H3,(H,12,14)(H,15,16). The number of nitro benzene ring substituents is 1. The lowest BCUT2D eigenvalue weighted by Crippen LogP contribution is -2.47. The number of carboxylic acids is 1. The van der Waals surface area contributed by atoms with Gasteiger partial charge in [-0.3, -0.25) is 14.9 Å². The van der Waals surface area contributed by atoms with E-state index < -0.39 is 33.8 Å². The summed E-state index contributed by atoms with van der Waals surface area (Å²) >= 11 is 0. The zero-order chi connectivity index (χ0) is 13.9. The third-order valence-corrected chi connectivity index (χ3v) is 2.10. The van der Waals surface area contributed by atoms with Crippen LogP contribution in [0.3, 0.4) is 0 Å². The molecule has 0 radical (unpaired) electrons. The molecule has 96 valence electrons. The first-order valence-corrected chi connectivity index (χ1v) is 4.73. The molecule has 0 heterocycles. The Morgan fingerprint density at radius 3 is 2.56 bits per heavy atom. The van der Waals surface area contributed by atoms with Gasteiger partial charge in [-0.15, -0.1) is 0 Å². The number of non-ortho nitro benzene ring substituents is 1. The van der Waals surface area contributed by atoms with Crippen LogP contribution in [0.15, 0.2) is 24.3 Å². The predicted octanol–water partition coefficient (Wildman–Crippen LogP) is 0.938. The van der Waals surface area contributed by atoms with E-state index in [1.807, 2.05) is 0 Å². The van der Waals surface area contributed by atoms with Gasteiger partial charge in [0, 0.05) is 24.6 Å². The zero-order valence-electron chi connectivity index (χ0n) is 9.21. The summed E-state index contributed by atoms with van der Waals surface area (Å²) in [4.78, 5) is 31.4. The van der Waals surface area contributed by atoms with Crippen molar-refractivity contribution in [3.63, 3.8) is 0 Å². The van der Waals surface area contributed by atoms with Crippen molar-refractivity contribution in [3.05, 3.63) is 39.9 Å². The number of carboxylic acid groups (broad SMARTS) is 1. The van der Waals surface area contributed by atoms with Crippen molar-refractivity contribution in [2.75, 3.05) is 0 Å². The molecule has 8 heteroatoms. The Morgan fingerprint density at radius 1 is 1.50 bits per heavy atom. The van der Waals surface area contributed by atoms with Gasteiger partial charge in [0.15, 0.2) is 0 Å². The van der Waals surface area contributed by atoms with Gasteiger partial charge in [-0.05, 0) is 0 Å². The summed E-state index contributed by atoms with van der Waals surface area (Å²) in [7, 11) is 0. The van der Waals surface area contributed by atoms with Crippen LogP contribution < -0.4 is 5.32 Å². The highest BCUT2D eigenvalue weighted by Crippen LogP contribution is 2.26. The largest absolute Gasteiger partial charge is 0.477 e. The van der Waals surface area contributed by atoms with Crippen LogP contribution in [-0.4, -0.2) is 21.9 Å². The van der Waals surface area contributed by atoms with E-state index in [0.29, 0.717) is 0 Å². The second-order valence-corrected chi connectivity index (χ2v) is 3.45.